The molecule has 3 nitrogen and oxygen atoms in total. The van der Waals surface area contributed by atoms with Gasteiger partial charge in [-0.2, -0.15) is 0 Å². The molecule has 1 heterocycles. The number of ether oxygens (including phenoxy) is 1. The standard InChI is InChI=1S/C13H15ClO3/c14-11-5-3-10(4-6-11)13(8-17-9-13)7-1-2-12(15)16/h3-6H,1-2,7-9H2,(H,15,16). The van der Waals surface area contributed by atoms with Crippen LogP contribution in [0.3, 0.4) is 0 Å². The van der Waals surface area contributed by atoms with Gasteiger partial charge >= 0.3 is 5.97 Å². The molecule has 0 aliphatic carbocycles. The number of benzene rings is 1. The zero-order valence-electron chi connectivity index (χ0n) is 9.49. The molecular weight excluding hydrogens is 240 g/mol. The lowest BCUT2D eigenvalue weighted by molar-refractivity contribution is -0.137. The summed E-state index contributed by atoms with van der Waals surface area (Å²) in [5.41, 5.74) is 1.19. The van der Waals surface area contributed by atoms with E-state index < -0.39 is 5.97 Å². The Morgan fingerprint density at radius 3 is 2.47 bits per heavy atom. The van der Waals surface area contributed by atoms with Crippen molar-refractivity contribution in [3.05, 3.63) is 34.9 Å². The van der Waals surface area contributed by atoms with Crippen LogP contribution in [-0.4, -0.2) is 24.3 Å². The van der Waals surface area contributed by atoms with Gasteiger partial charge in [0.2, 0.25) is 0 Å². The van der Waals surface area contributed by atoms with Gasteiger partial charge in [-0.15, -0.1) is 0 Å². The molecule has 1 aromatic carbocycles. The van der Waals surface area contributed by atoms with E-state index in [1.807, 2.05) is 24.3 Å². The van der Waals surface area contributed by atoms with Crippen LogP contribution in [0, 0.1) is 0 Å². The molecular formula is C13H15ClO3. The van der Waals surface area contributed by atoms with Gasteiger partial charge in [-0.05, 0) is 30.5 Å². The van der Waals surface area contributed by atoms with Crippen molar-refractivity contribution >= 4 is 17.6 Å². The topological polar surface area (TPSA) is 46.5 Å². The Kier molecular flexibility index (Phi) is 3.69. The lowest BCUT2D eigenvalue weighted by atomic mass is 9.75. The highest BCUT2D eigenvalue weighted by molar-refractivity contribution is 6.30. The third-order valence-electron chi connectivity index (χ3n) is 3.26. The quantitative estimate of drug-likeness (QED) is 0.879. The summed E-state index contributed by atoms with van der Waals surface area (Å²) in [7, 11) is 0. The van der Waals surface area contributed by atoms with Gasteiger partial charge in [0, 0.05) is 16.9 Å². The lowest BCUT2D eigenvalue weighted by Gasteiger charge is -2.42. The smallest absolute Gasteiger partial charge is 0.303 e. The van der Waals surface area contributed by atoms with E-state index >= 15 is 0 Å². The van der Waals surface area contributed by atoms with E-state index in [0.29, 0.717) is 19.6 Å². The van der Waals surface area contributed by atoms with E-state index in [2.05, 4.69) is 0 Å². The number of carboxylic acids is 1. The number of carboxylic acid groups (broad SMARTS) is 1. The first kappa shape index (κ1) is 12.4. The molecule has 1 aliphatic heterocycles. The Hall–Kier alpha value is -1.06. The average Bonchev–Trinajstić information content (AvgIpc) is 2.23. The molecule has 0 saturated carbocycles. The van der Waals surface area contributed by atoms with Gasteiger partial charge < -0.3 is 9.84 Å². The molecule has 4 heteroatoms. The summed E-state index contributed by atoms with van der Waals surface area (Å²) in [4.78, 5) is 10.5. The van der Waals surface area contributed by atoms with Crippen molar-refractivity contribution in [2.45, 2.75) is 24.7 Å². The SMILES string of the molecule is O=C(O)CCCC1(c2ccc(Cl)cc2)COC1. The fourth-order valence-corrected chi connectivity index (χ4v) is 2.31. The number of carbonyl (C=O) groups is 1. The maximum atomic E-state index is 10.5. The number of aliphatic carboxylic acids is 1. The van der Waals surface area contributed by atoms with Gasteiger partial charge in [-0.1, -0.05) is 23.7 Å². The van der Waals surface area contributed by atoms with Crippen LogP contribution in [0.4, 0.5) is 0 Å². The summed E-state index contributed by atoms with van der Waals surface area (Å²) in [5, 5.41) is 9.38. The van der Waals surface area contributed by atoms with Gasteiger partial charge in [0.05, 0.1) is 13.2 Å². The predicted molar refractivity (Wildman–Crippen MR) is 65.4 cm³/mol. The van der Waals surface area contributed by atoms with Gasteiger partial charge in [0.1, 0.15) is 0 Å². The number of hydrogen-bond donors (Lipinski definition) is 1. The molecule has 1 fully saturated rings. The zero-order valence-corrected chi connectivity index (χ0v) is 10.2. The second-order valence-corrected chi connectivity index (χ2v) is 4.96. The van der Waals surface area contributed by atoms with Crippen molar-refractivity contribution in [3.63, 3.8) is 0 Å². The highest BCUT2D eigenvalue weighted by atomic mass is 35.5. The van der Waals surface area contributed by atoms with Gasteiger partial charge in [0.15, 0.2) is 0 Å². The first-order valence-corrected chi connectivity index (χ1v) is 6.06. The van der Waals surface area contributed by atoms with Crippen LogP contribution in [0.2, 0.25) is 5.02 Å². The number of rotatable bonds is 5. The Balaban J connectivity index is 2.03. The minimum atomic E-state index is -0.739. The molecule has 0 unspecified atom stereocenters. The highest BCUT2D eigenvalue weighted by Crippen LogP contribution is 2.37. The zero-order chi connectivity index (χ0) is 12.3. The van der Waals surface area contributed by atoms with Crippen molar-refractivity contribution in [1.82, 2.24) is 0 Å². The van der Waals surface area contributed by atoms with Crippen molar-refractivity contribution in [2.24, 2.45) is 0 Å². The van der Waals surface area contributed by atoms with Crippen LogP contribution in [0.1, 0.15) is 24.8 Å². The summed E-state index contributed by atoms with van der Waals surface area (Å²) in [6.45, 7) is 1.35. The molecule has 1 aliphatic rings. The van der Waals surface area contributed by atoms with E-state index in [9.17, 15) is 4.79 Å². The molecule has 1 N–H and O–H groups in total. The van der Waals surface area contributed by atoms with Crippen molar-refractivity contribution in [1.29, 1.82) is 0 Å². The molecule has 17 heavy (non-hydrogen) atoms. The van der Waals surface area contributed by atoms with Crippen LogP contribution in [0.5, 0.6) is 0 Å². The molecule has 0 atom stereocenters. The normalized spacial score (nSPS) is 17.5. The minimum Gasteiger partial charge on any atom is -0.481 e. The minimum absolute atomic E-state index is 0.0000386. The van der Waals surface area contributed by atoms with E-state index in [1.54, 1.807) is 0 Å². The predicted octanol–water partition coefficient (Wildman–Crippen LogP) is 2.86. The Morgan fingerprint density at radius 1 is 1.35 bits per heavy atom. The molecule has 0 amide bonds. The van der Waals surface area contributed by atoms with Gasteiger partial charge in [-0.25, -0.2) is 0 Å². The summed E-state index contributed by atoms with van der Waals surface area (Å²) in [6, 6.07) is 7.75. The fraction of sp³-hybridized carbons (Fsp3) is 0.462. The summed E-state index contributed by atoms with van der Waals surface area (Å²) < 4.78 is 5.30. The summed E-state index contributed by atoms with van der Waals surface area (Å²) in [6.07, 6.45) is 1.75. The third kappa shape index (κ3) is 2.79. The second kappa shape index (κ2) is 5.07. The van der Waals surface area contributed by atoms with E-state index in [4.69, 9.17) is 21.4 Å². The summed E-state index contributed by atoms with van der Waals surface area (Å²) in [5.74, 6) is -0.739. The maximum Gasteiger partial charge on any atom is 0.303 e. The van der Waals surface area contributed by atoms with Crippen molar-refractivity contribution < 1.29 is 14.6 Å². The van der Waals surface area contributed by atoms with Crippen LogP contribution >= 0.6 is 11.6 Å². The molecule has 1 saturated heterocycles. The van der Waals surface area contributed by atoms with Crippen LogP contribution in [0.25, 0.3) is 0 Å². The van der Waals surface area contributed by atoms with Crippen LogP contribution in [0.15, 0.2) is 24.3 Å². The van der Waals surface area contributed by atoms with Gasteiger partial charge in [0.25, 0.3) is 0 Å². The number of hydrogen-bond acceptors (Lipinski definition) is 2. The molecule has 92 valence electrons. The third-order valence-corrected chi connectivity index (χ3v) is 3.51. The fourth-order valence-electron chi connectivity index (χ4n) is 2.19. The lowest BCUT2D eigenvalue weighted by Crippen LogP contribution is -2.46. The number of halogens is 1. The Labute approximate surface area is 105 Å². The average molecular weight is 255 g/mol. The van der Waals surface area contributed by atoms with E-state index in [-0.39, 0.29) is 11.8 Å². The monoisotopic (exact) mass is 254 g/mol. The molecule has 1 aromatic rings. The van der Waals surface area contributed by atoms with Crippen molar-refractivity contribution in [3.8, 4) is 0 Å². The molecule has 0 bridgehead atoms. The first-order valence-electron chi connectivity index (χ1n) is 5.68. The molecule has 0 aromatic heterocycles. The van der Waals surface area contributed by atoms with E-state index in [0.717, 1.165) is 11.4 Å². The summed E-state index contributed by atoms with van der Waals surface area (Å²) >= 11 is 5.86. The Morgan fingerprint density at radius 2 is 2.00 bits per heavy atom. The molecule has 0 radical (unpaired) electrons. The van der Waals surface area contributed by atoms with Crippen molar-refractivity contribution in [2.75, 3.05) is 13.2 Å². The first-order chi connectivity index (χ1) is 8.12. The van der Waals surface area contributed by atoms with E-state index in [1.165, 1.54) is 5.56 Å². The largest absolute Gasteiger partial charge is 0.481 e. The molecule has 0 spiro atoms. The van der Waals surface area contributed by atoms with Gasteiger partial charge in [-0.3, -0.25) is 4.79 Å². The Bertz CT molecular complexity index is 396. The maximum absolute atomic E-state index is 10.5. The van der Waals surface area contributed by atoms with Crippen LogP contribution in [-0.2, 0) is 14.9 Å². The molecule has 2 rings (SSSR count). The van der Waals surface area contributed by atoms with Crippen LogP contribution < -0.4 is 0 Å². The second-order valence-electron chi connectivity index (χ2n) is 4.53. The highest BCUT2D eigenvalue weighted by Gasteiger charge is 2.39.